The molecule has 0 bridgehead atoms. The van der Waals surface area contributed by atoms with Crippen molar-refractivity contribution in [1.82, 2.24) is 14.1 Å². The van der Waals surface area contributed by atoms with Gasteiger partial charge >= 0.3 is 0 Å². The number of halogens is 1. The standard InChI is InChI=1S/C27H32BrN3O5S/c28-24-8-10-26(11-9-24)37(33,34)31(15-14-29-16-19-35-20-17-29)22-27(32)30(21-25-7-4-18-36-25)13-12-23-5-2-1-3-6-23/h1-11,18H,12-17,19-22H2. The summed E-state index contributed by atoms with van der Waals surface area (Å²) < 4.78 is 40.3. The Morgan fingerprint density at radius 3 is 2.35 bits per heavy atom. The molecule has 0 N–H and O–H groups in total. The van der Waals surface area contributed by atoms with Crippen LogP contribution < -0.4 is 0 Å². The molecular formula is C27H32BrN3O5S. The molecule has 1 aliphatic rings. The molecule has 0 unspecified atom stereocenters. The Hall–Kier alpha value is -2.50. The Kier molecular flexibility index (Phi) is 9.93. The van der Waals surface area contributed by atoms with E-state index in [2.05, 4.69) is 20.8 Å². The van der Waals surface area contributed by atoms with Gasteiger partial charge < -0.3 is 14.1 Å². The van der Waals surface area contributed by atoms with Gasteiger partial charge in [-0.15, -0.1) is 0 Å². The number of morpholine rings is 1. The van der Waals surface area contributed by atoms with Crippen molar-refractivity contribution in [2.45, 2.75) is 17.9 Å². The Morgan fingerprint density at radius 1 is 0.946 bits per heavy atom. The third kappa shape index (κ3) is 7.99. The molecule has 10 heteroatoms. The molecule has 198 valence electrons. The van der Waals surface area contributed by atoms with Crippen LogP contribution >= 0.6 is 15.9 Å². The highest BCUT2D eigenvalue weighted by molar-refractivity contribution is 9.10. The first-order valence-corrected chi connectivity index (χ1v) is 14.5. The first-order chi connectivity index (χ1) is 17.9. The lowest BCUT2D eigenvalue weighted by Gasteiger charge is -2.31. The summed E-state index contributed by atoms with van der Waals surface area (Å²) in [6.07, 6.45) is 2.22. The lowest BCUT2D eigenvalue weighted by molar-refractivity contribution is -0.132. The fourth-order valence-electron chi connectivity index (χ4n) is 4.16. The predicted octanol–water partition coefficient (Wildman–Crippen LogP) is 3.64. The van der Waals surface area contributed by atoms with Crippen LogP contribution in [0.25, 0.3) is 0 Å². The number of nitrogens with zero attached hydrogens (tertiary/aromatic N) is 3. The summed E-state index contributed by atoms with van der Waals surface area (Å²) >= 11 is 3.36. The molecule has 8 nitrogen and oxygen atoms in total. The number of furan rings is 1. The summed E-state index contributed by atoms with van der Waals surface area (Å²) in [6.45, 7) is 3.91. The van der Waals surface area contributed by atoms with Crippen LogP contribution in [0.1, 0.15) is 11.3 Å². The predicted molar refractivity (Wildman–Crippen MR) is 144 cm³/mol. The van der Waals surface area contributed by atoms with Gasteiger partial charge in [0.15, 0.2) is 0 Å². The van der Waals surface area contributed by atoms with Crippen molar-refractivity contribution < 1.29 is 22.4 Å². The molecule has 1 amide bonds. The summed E-state index contributed by atoms with van der Waals surface area (Å²) in [5, 5.41) is 0. The van der Waals surface area contributed by atoms with Crippen molar-refractivity contribution in [2.24, 2.45) is 0 Å². The molecule has 1 aliphatic heterocycles. The second-order valence-electron chi connectivity index (χ2n) is 8.88. The van der Waals surface area contributed by atoms with Crippen LogP contribution in [0.5, 0.6) is 0 Å². The molecule has 0 radical (unpaired) electrons. The van der Waals surface area contributed by atoms with Crippen molar-refractivity contribution in [1.29, 1.82) is 0 Å². The van der Waals surface area contributed by atoms with Crippen molar-refractivity contribution in [2.75, 3.05) is 52.5 Å². The first kappa shape index (κ1) is 27.5. The smallest absolute Gasteiger partial charge is 0.243 e. The first-order valence-electron chi connectivity index (χ1n) is 12.3. The maximum atomic E-state index is 13.6. The maximum absolute atomic E-state index is 13.6. The minimum Gasteiger partial charge on any atom is -0.467 e. The third-order valence-corrected chi connectivity index (χ3v) is 8.71. The van der Waals surface area contributed by atoms with Crippen LogP contribution in [-0.2, 0) is 32.5 Å². The quantitative estimate of drug-likeness (QED) is 0.321. The number of amides is 1. The number of ether oxygens (including phenoxy) is 1. The van der Waals surface area contributed by atoms with E-state index in [4.69, 9.17) is 9.15 Å². The number of rotatable bonds is 12. The second kappa shape index (κ2) is 13.3. The average Bonchev–Trinajstić information content (AvgIpc) is 3.43. The Bertz CT molecular complexity index is 1210. The average molecular weight is 591 g/mol. The van der Waals surface area contributed by atoms with Gasteiger partial charge in [0.25, 0.3) is 0 Å². The number of sulfonamides is 1. The van der Waals surface area contributed by atoms with E-state index >= 15 is 0 Å². The van der Waals surface area contributed by atoms with Crippen LogP contribution in [-0.4, -0.2) is 80.9 Å². The molecule has 4 rings (SSSR count). The fourth-order valence-corrected chi connectivity index (χ4v) is 5.80. The van der Waals surface area contributed by atoms with Crippen molar-refractivity contribution in [3.63, 3.8) is 0 Å². The van der Waals surface area contributed by atoms with E-state index in [1.165, 1.54) is 4.31 Å². The van der Waals surface area contributed by atoms with Crippen molar-refractivity contribution in [3.8, 4) is 0 Å². The van der Waals surface area contributed by atoms with E-state index in [-0.39, 0.29) is 30.4 Å². The molecule has 37 heavy (non-hydrogen) atoms. The van der Waals surface area contributed by atoms with Gasteiger partial charge in [0.2, 0.25) is 15.9 Å². The van der Waals surface area contributed by atoms with Gasteiger partial charge in [0.1, 0.15) is 5.76 Å². The van der Waals surface area contributed by atoms with E-state index in [9.17, 15) is 13.2 Å². The number of hydrogen-bond donors (Lipinski definition) is 0. The molecule has 1 aromatic heterocycles. The van der Waals surface area contributed by atoms with Crippen LogP contribution in [0.3, 0.4) is 0 Å². The molecule has 1 saturated heterocycles. The SMILES string of the molecule is O=C(CN(CCN1CCOCC1)S(=O)(=O)c1ccc(Br)cc1)N(CCc1ccccc1)Cc1ccco1. The van der Waals surface area contributed by atoms with E-state index in [0.717, 1.165) is 23.1 Å². The number of carbonyl (C=O) groups excluding carboxylic acids is 1. The maximum Gasteiger partial charge on any atom is 0.243 e. The van der Waals surface area contributed by atoms with E-state index < -0.39 is 10.0 Å². The Labute approximate surface area is 227 Å². The molecule has 0 saturated carbocycles. The number of carbonyl (C=O) groups is 1. The van der Waals surface area contributed by atoms with Crippen molar-refractivity contribution in [3.05, 3.63) is 88.8 Å². The number of benzene rings is 2. The highest BCUT2D eigenvalue weighted by Crippen LogP contribution is 2.20. The molecule has 0 spiro atoms. The Balaban J connectivity index is 1.53. The zero-order valence-corrected chi connectivity index (χ0v) is 23.1. The fraction of sp³-hybridized carbons (Fsp3) is 0.370. The molecule has 2 heterocycles. The molecular weight excluding hydrogens is 558 g/mol. The minimum atomic E-state index is -3.89. The zero-order valence-electron chi connectivity index (χ0n) is 20.7. The second-order valence-corrected chi connectivity index (χ2v) is 11.7. The Morgan fingerprint density at radius 2 is 1.68 bits per heavy atom. The van der Waals surface area contributed by atoms with Gasteiger partial charge in [0.05, 0.1) is 37.5 Å². The lowest BCUT2D eigenvalue weighted by atomic mass is 10.1. The van der Waals surface area contributed by atoms with Crippen LogP contribution in [0, 0.1) is 0 Å². The van der Waals surface area contributed by atoms with Gasteiger partial charge in [-0.1, -0.05) is 46.3 Å². The van der Waals surface area contributed by atoms with Gasteiger partial charge in [0, 0.05) is 37.2 Å². The van der Waals surface area contributed by atoms with Crippen LogP contribution in [0.2, 0.25) is 0 Å². The molecule has 0 atom stereocenters. The van der Waals surface area contributed by atoms with Gasteiger partial charge in [-0.2, -0.15) is 4.31 Å². The molecule has 1 fully saturated rings. The van der Waals surface area contributed by atoms with Gasteiger partial charge in [-0.05, 0) is 48.4 Å². The summed E-state index contributed by atoms with van der Waals surface area (Å²) in [5.74, 6) is 0.382. The van der Waals surface area contributed by atoms with E-state index in [0.29, 0.717) is 38.5 Å². The van der Waals surface area contributed by atoms with Crippen molar-refractivity contribution >= 4 is 31.9 Å². The largest absolute Gasteiger partial charge is 0.467 e. The highest BCUT2D eigenvalue weighted by Gasteiger charge is 2.29. The van der Waals surface area contributed by atoms with Gasteiger partial charge in [-0.25, -0.2) is 8.42 Å². The van der Waals surface area contributed by atoms with Crippen LogP contribution in [0.4, 0.5) is 0 Å². The third-order valence-electron chi connectivity index (χ3n) is 6.33. The lowest BCUT2D eigenvalue weighted by Crippen LogP contribution is -2.47. The van der Waals surface area contributed by atoms with E-state index in [1.54, 1.807) is 41.5 Å². The normalized spacial score (nSPS) is 14.6. The van der Waals surface area contributed by atoms with E-state index in [1.807, 2.05) is 36.4 Å². The van der Waals surface area contributed by atoms with Crippen LogP contribution in [0.15, 0.2) is 86.8 Å². The number of hydrogen-bond acceptors (Lipinski definition) is 6. The molecule has 2 aromatic carbocycles. The van der Waals surface area contributed by atoms with Gasteiger partial charge in [-0.3, -0.25) is 9.69 Å². The zero-order chi connectivity index (χ0) is 26.1. The summed E-state index contributed by atoms with van der Waals surface area (Å²) in [4.78, 5) is 17.6. The summed E-state index contributed by atoms with van der Waals surface area (Å²) in [5.41, 5.74) is 1.10. The topological polar surface area (TPSA) is 83.3 Å². The monoisotopic (exact) mass is 589 g/mol. The highest BCUT2D eigenvalue weighted by atomic mass is 79.9. The molecule has 3 aromatic rings. The summed E-state index contributed by atoms with van der Waals surface area (Å²) in [6, 6.07) is 20.0. The summed E-state index contributed by atoms with van der Waals surface area (Å²) in [7, 11) is -3.89. The molecule has 0 aliphatic carbocycles. The minimum absolute atomic E-state index is 0.160.